The number of rotatable bonds is 6. The zero-order chi connectivity index (χ0) is 9.40. The highest BCUT2D eigenvalue weighted by Gasteiger charge is 1.92. The van der Waals surface area contributed by atoms with Crippen LogP contribution in [0, 0.1) is 0 Å². The summed E-state index contributed by atoms with van der Waals surface area (Å²) >= 11 is 0. The molecular weight excluding hydrogens is 156 g/mol. The van der Waals surface area contributed by atoms with E-state index in [1.54, 1.807) is 13.0 Å². The van der Waals surface area contributed by atoms with Crippen LogP contribution < -0.4 is 0 Å². The molecule has 0 aromatic heterocycles. The lowest BCUT2D eigenvalue weighted by molar-refractivity contribution is -0.131. The molecule has 0 unspecified atom stereocenters. The molecule has 0 aliphatic carbocycles. The van der Waals surface area contributed by atoms with Crippen molar-refractivity contribution < 1.29 is 14.7 Å². The third kappa shape index (κ3) is 8.88. The van der Waals surface area contributed by atoms with E-state index in [2.05, 4.69) is 0 Å². The molecule has 0 spiro atoms. The number of carboxylic acid groups (broad SMARTS) is 1. The minimum absolute atomic E-state index is 0.192. The van der Waals surface area contributed by atoms with Gasteiger partial charge in [-0.05, 0) is 26.2 Å². The number of carbonyl (C=O) groups excluding carboxylic acids is 1. The van der Waals surface area contributed by atoms with Crippen LogP contribution in [0.25, 0.3) is 0 Å². The van der Waals surface area contributed by atoms with Crippen LogP contribution in [-0.4, -0.2) is 16.9 Å². The van der Waals surface area contributed by atoms with Gasteiger partial charge in [0.05, 0.1) is 0 Å². The highest BCUT2D eigenvalue weighted by Crippen LogP contribution is 2.00. The molecule has 1 N–H and O–H groups in total. The summed E-state index contributed by atoms with van der Waals surface area (Å²) in [5.74, 6) is -0.723. The molecule has 0 aliphatic heterocycles. The minimum atomic E-state index is -0.915. The molecular formula is C9H14O3. The van der Waals surface area contributed by atoms with Crippen LogP contribution >= 0.6 is 0 Å². The summed E-state index contributed by atoms with van der Waals surface area (Å²) < 4.78 is 0. The van der Waals surface area contributed by atoms with Crippen molar-refractivity contribution in [1.82, 2.24) is 0 Å². The standard InChI is InChI=1S/C9H14O3/c1-8(10)6-4-2-3-5-7-9(11)12/h5,7H,2-4,6H2,1H3,(H,11,12). The first-order chi connectivity index (χ1) is 5.63. The van der Waals surface area contributed by atoms with E-state index in [1.807, 2.05) is 0 Å². The van der Waals surface area contributed by atoms with Gasteiger partial charge in [0.25, 0.3) is 0 Å². The van der Waals surface area contributed by atoms with E-state index in [-0.39, 0.29) is 5.78 Å². The summed E-state index contributed by atoms with van der Waals surface area (Å²) in [6, 6.07) is 0. The zero-order valence-corrected chi connectivity index (χ0v) is 7.25. The summed E-state index contributed by atoms with van der Waals surface area (Å²) in [6.07, 6.45) is 5.80. The van der Waals surface area contributed by atoms with Crippen LogP contribution in [0.1, 0.15) is 32.6 Å². The molecule has 3 nitrogen and oxygen atoms in total. The van der Waals surface area contributed by atoms with Crippen molar-refractivity contribution in [3.63, 3.8) is 0 Å². The van der Waals surface area contributed by atoms with Crippen LogP contribution in [-0.2, 0) is 9.59 Å². The molecule has 0 rings (SSSR count). The Bertz CT molecular complexity index is 182. The number of ketones is 1. The predicted octanol–water partition coefficient (Wildman–Crippen LogP) is 1.78. The largest absolute Gasteiger partial charge is 0.478 e. The third-order valence-electron chi connectivity index (χ3n) is 1.41. The highest BCUT2D eigenvalue weighted by molar-refractivity contribution is 5.79. The molecule has 0 fully saturated rings. The van der Waals surface area contributed by atoms with Crippen LogP contribution in [0.4, 0.5) is 0 Å². The van der Waals surface area contributed by atoms with Crippen molar-refractivity contribution in [3.05, 3.63) is 12.2 Å². The summed E-state index contributed by atoms with van der Waals surface area (Å²) in [4.78, 5) is 20.5. The quantitative estimate of drug-likeness (QED) is 0.488. The number of hydrogen-bond donors (Lipinski definition) is 1. The average molecular weight is 170 g/mol. The fourth-order valence-corrected chi connectivity index (χ4v) is 0.820. The Labute approximate surface area is 72.1 Å². The van der Waals surface area contributed by atoms with Crippen LogP contribution in [0.2, 0.25) is 0 Å². The van der Waals surface area contributed by atoms with Crippen molar-refractivity contribution in [2.45, 2.75) is 32.6 Å². The highest BCUT2D eigenvalue weighted by atomic mass is 16.4. The van der Waals surface area contributed by atoms with Gasteiger partial charge >= 0.3 is 5.97 Å². The second-order valence-electron chi connectivity index (χ2n) is 2.69. The minimum Gasteiger partial charge on any atom is -0.478 e. The molecule has 0 aromatic rings. The Morgan fingerprint density at radius 3 is 2.50 bits per heavy atom. The van der Waals surface area contributed by atoms with Gasteiger partial charge in [0, 0.05) is 12.5 Å². The van der Waals surface area contributed by atoms with Crippen LogP contribution in [0.15, 0.2) is 12.2 Å². The number of unbranched alkanes of at least 4 members (excludes halogenated alkanes) is 2. The first-order valence-electron chi connectivity index (χ1n) is 4.02. The zero-order valence-electron chi connectivity index (χ0n) is 7.25. The third-order valence-corrected chi connectivity index (χ3v) is 1.41. The lowest BCUT2D eigenvalue weighted by Crippen LogP contribution is -1.89. The molecule has 0 amide bonds. The van der Waals surface area contributed by atoms with Gasteiger partial charge in [-0.1, -0.05) is 6.08 Å². The van der Waals surface area contributed by atoms with Gasteiger partial charge in [-0.25, -0.2) is 4.79 Å². The van der Waals surface area contributed by atoms with E-state index in [0.29, 0.717) is 6.42 Å². The lowest BCUT2D eigenvalue weighted by atomic mass is 10.1. The monoisotopic (exact) mass is 170 g/mol. The summed E-state index contributed by atoms with van der Waals surface area (Å²) in [5.41, 5.74) is 0. The van der Waals surface area contributed by atoms with Crippen molar-refractivity contribution in [3.8, 4) is 0 Å². The Hall–Kier alpha value is -1.12. The molecule has 3 heteroatoms. The molecule has 0 radical (unpaired) electrons. The van der Waals surface area contributed by atoms with Crippen LogP contribution in [0.3, 0.4) is 0 Å². The van der Waals surface area contributed by atoms with Crippen molar-refractivity contribution in [1.29, 1.82) is 0 Å². The molecule has 0 saturated heterocycles. The van der Waals surface area contributed by atoms with E-state index < -0.39 is 5.97 Å². The molecule has 0 aromatic carbocycles. The normalized spacial score (nSPS) is 10.4. The fourth-order valence-electron chi connectivity index (χ4n) is 0.820. The van der Waals surface area contributed by atoms with E-state index >= 15 is 0 Å². The average Bonchev–Trinajstić information content (AvgIpc) is 1.95. The topological polar surface area (TPSA) is 54.4 Å². The summed E-state index contributed by atoms with van der Waals surface area (Å²) in [5, 5.41) is 8.22. The Kier molecular flexibility index (Phi) is 5.97. The van der Waals surface area contributed by atoms with Crippen molar-refractivity contribution in [2.24, 2.45) is 0 Å². The first kappa shape index (κ1) is 10.9. The van der Waals surface area contributed by atoms with Gasteiger partial charge in [-0.15, -0.1) is 0 Å². The van der Waals surface area contributed by atoms with Crippen molar-refractivity contribution in [2.75, 3.05) is 0 Å². The number of carboxylic acids is 1. The molecule has 12 heavy (non-hydrogen) atoms. The van der Waals surface area contributed by atoms with Gasteiger partial charge in [0.1, 0.15) is 5.78 Å². The summed E-state index contributed by atoms with van der Waals surface area (Å²) in [7, 11) is 0. The van der Waals surface area contributed by atoms with Gasteiger partial charge in [-0.2, -0.15) is 0 Å². The first-order valence-corrected chi connectivity index (χ1v) is 4.02. The second-order valence-corrected chi connectivity index (χ2v) is 2.69. The number of hydrogen-bond acceptors (Lipinski definition) is 2. The molecule has 0 atom stereocenters. The van der Waals surface area contributed by atoms with Gasteiger partial charge in [0.2, 0.25) is 0 Å². The number of carbonyl (C=O) groups is 2. The molecule has 0 bridgehead atoms. The van der Waals surface area contributed by atoms with Gasteiger partial charge < -0.3 is 9.90 Å². The number of allylic oxidation sites excluding steroid dienone is 1. The van der Waals surface area contributed by atoms with E-state index in [4.69, 9.17) is 5.11 Å². The van der Waals surface area contributed by atoms with Crippen molar-refractivity contribution >= 4 is 11.8 Å². The Balaban J connectivity index is 3.21. The maximum Gasteiger partial charge on any atom is 0.327 e. The van der Waals surface area contributed by atoms with E-state index in [0.717, 1.165) is 25.3 Å². The summed E-state index contributed by atoms with van der Waals surface area (Å²) in [6.45, 7) is 1.56. The van der Waals surface area contributed by atoms with Gasteiger partial charge in [-0.3, -0.25) is 0 Å². The molecule has 0 heterocycles. The fraction of sp³-hybridized carbons (Fsp3) is 0.556. The maximum absolute atomic E-state index is 10.5. The maximum atomic E-state index is 10.5. The predicted molar refractivity (Wildman–Crippen MR) is 45.9 cm³/mol. The van der Waals surface area contributed by atoms with E-state index in [9.17, 15) is 9.59 Å². The molecule has 0 saturated carbocycles. The number of aliphatic carboxylic acids is 1. The number of Topliss-reactive ketones (excluding diaryl/α,β-unsaturated/α-hetero) is 1. The van der Waals surface area contributed by atoms with Crippen LogP contribution in [0.5, 0.6) is 0 Å². The Morgan fingerprint density at radius 2 is 2.00 bits per heavy atom. The SMILES string of the molecule is CC(=O)CCCCC=CC(=O)O. The Morgan fingerprint density at radius 1 is 1.33 bits per heavy atom. The smallest absolute Gasteiger partial charge is 0.327 e. The molecule has 68 valence electrons. The van der Waals surface area contributed by atoms with E-state index in [1.165, 1.54) is 0 Å². The lowest BCUT2D eigenvalue weighted by Gasteiger charge is -1.92. The van der Waals surface area contributed by atoms with Gasteiger partial charge in [0.15, 0.2) is 0 Å². The molecule has 0 aliphatic rings. The second kappa shape index (κ2) is 6.58.